The Morgan fingerprint density at radius 1 is 1.24 bits per heavy atom. The first kappa shape index (κ1) is 14.1. The molecule has 1 N–H and O–H groups in total. The molecular weight excluding hydrogens is 266 g/mol. The molecule has 1 aliphatic carbocycles. The summed E-state index contributed by atoms with van der Waals surface area (Å²) in [5, 5.41) is 9.10. The van der Waals surface area contributed by atoms with Gasteiger partial charge in [-0.1, -0.05) is 30.3 Å². The molecule has 1 heterocycles. The van der Waals surface area contributed by atoms with Crippen LogP contribution in [0.2, 0.25) is 0 Å². The molecule has 4 heteroatoms. The first-order valence-corrected chi connectivity index (χ1v) is 7.60. The topological polar surface area (TPSA) is 57.6 Å². The second-order valence-electron chi connectivity index (χ2n) is 6.41. The molecule has 1 saturated heterocycles. The molecule has 21 heavy (non-hydrogen) atoms. The van der Waals surface area contributed by atoms with E-state index in [1.54, 1.807) is 0 Å². The fraction of sp³-hybridized carbons (Fsp3) is 0.529. The number of aliphatic carboxylic acids is 1. The van der Waals surface area contributed by atoms with Crippen LogP contribution in [0.25, 0.3) is 0 Å². The first-order chi connectivity index (χ1) is 10.0. The van der Waals surface area contributed by atoms with E-state index in [4.69, 9.17) is 5.11 Å². The summed E-state index contributed by atoms with van der Waals surface area (Å²) in [5.74, 6) is -0.827. The fourth-order valence-corrected chi connectivity index (χ4v) is 3.58. The number of carboxylic acids is 1. The Morgan fingerprint density at radius 3 is 2.38 bits per heavy atom. The lowest BCUT2D eigenvalue weighted by atomic mass is 9.89. The van der Waals surface area contributed by atoms with Crippen molar-refractivity contribution >= 4 is 11.9 Å². The zero-order chi connectivity index (χ0) is 15.0. The highest BCUT2D eigenvalue weighted by molar-refractivity contribution is 5.83. The van der Waals surface area contributed by atoms with Crippen LogP contribution in [0.1, 0.15) is 37.7 Å². The normalized spacial score (nSPS) is 24.6. The summed E-state index contributed by atoms with van der Waals surface area (Å²) < 4.78 is 0. The molecule has 0 bridgehead atoms. The van der Waals surface area contributed by atoms with E-state index in [1.165, 1.54) is 0 Å². The van der Waals surface area contributed by atoms with Gasteiger partial charge in [-0.15, -0.1) is 0 Å². The number of carbonyl (C=O) groups is 2. The fourth-order valence-electron chi connectivity index (χ4n) is 3.58. The molecule has 112 valence electrons. The molecule has 1 aliphatic heterocycles. The zero-order valence-electron chi connectivity index (χ0n) is 12.3. The number of carbonyl (C=O) groups excluding carboxylic acids is 1. The minimum absolute atomic E-state index is 0.0153. The molecule has 2 unspecified atom stereocenters. The lowest BCUT2D eigenvalue weighted by molar-refractivity contribution is -0.140. The smallest absolute Gasteiger partial charge is 0.307 e. The van der Waals surface area contributed by atoms with Crippen molar-refractivity contribution in [2.75, 3.05) is 13.1 Å². The van der Waals surface area contributed by atoms with E-state index in [0.717, 1.165) is 24.8 Å². The van der Waals surface area contributed by atoms with E-state index in [0.29, 0.717) is 13.1 Å². The van der Waals surface area contributed by atoms with Crippen LogP contribution >= 0.6 is 0 Å². The van der Waals surface area contributed by atoms with Crippen LogP contribution in [0.4, 0.5) is 0 Å². The summed E-state index contributed by atoms with van der Waals surface area (Å²) >= 11 is 0. The molecule has 0 aromatic heterocycles. The molecule has 4 nitrogen and oxygen atoms in total. The summed E-state index contributed by atoms with van der Waals surface area (Å²) in [6.07, 6.45) is 2.45. The van der Waals surface area contributed by atoms with E-state index < -0.39 is 5.97 Å². The Morgan fingerprint density at radius 2 is 1.86 bits per heavy atom. The Balaban J connectivity index is 1.60. The predicted molar refractivity (Wildman–Crippen MR) is 78.8 cm³/mol. The molecule has 1 spiro atoms. The molecule has 2 aliphatic rings. The standard InChI is InChI=1S/C17H21NO3/c1-12(13-5-3-2-4-6-13)15(19)18-9-7-17(8-10-18)11-14(17)16(20)21/h2-6,12,14H,7-11H2,1H3,(H,20,21). The van der Waals surface area contributed by atoms with Gasteiger partial charge in [-0.3, -0.25) is 9.59 Å². The van der Waals surface area contributed by atoms with Gasteiger partial charge in [-0.05, 0) is 37.2 Å². The molecule has 2 atom stereocenters. The third-order valence-corrected chi connectivity index (χ3v) is 5.23. The van der Waals surface area contributed by atoms with Gasteiger partial charge in [0, 0.05) is 13.1 Å². The minimum atomic E-state index is -0.674. The number of benzene rings is 1. The van der Waals surface area contributed by atoms with Crippen molar-refractivity contribution in [2.24, 2.45) is 11.3 Å². The van der Waals surface area contributed by atoms with E-state index >= 15 is 0 Å². The Labute approximate surface area is 124 Å². The lowest BCUT2D eigenvalue weighted by Gasteiger charge is -2.34. The number of hydrogen-bond donors (Lipinski definition) is 1. The number of likely N-dealkylation sites (tertiary alicyclic amines) is 1. The highest BCUT2D eigenvalue weighted by Gasteiger charge is 2.59. The number of carboxylic acid groups (broad SMARTS) is 1. The molecule has 1 saturated carbocycles. The van der Waals surface area contributed by atoms with Crippen molar-refractivity contribution in [2.45, 2.75) is 32.1 Å². The van der Waals surface area contributed by atoms with E-state index in [9.17, 15) is 9.59 Å². The second kappa shape index (κ2) is 5.17. The minimum Gasteiger partial charge on any atom is -0.481 e. The number of piperidine rings is 1. The lowest BCUT2D eigenvalue weighted by Crippen LogP contribution is -2.41. The van der Waals surface area contributed by atoms with Gasteiger partial charge in [0.05, 0.1) is 11.8 Å². The maximum Gasteiger partial charge on any atom is 0.307 e. The van der Waals surface area contributed by atoms with Crippen LogP contribution in [0, 0.1) is 11.3 Å². The zero-order valence-corrected chi connectivity index (χ0v) is 12.3. The molecule has 0 radical (unpaired) electrons. The van der Waals surface area contributed by atoms with Crippen molar-refractivity contribution in [3.63, 3.8) is 0 Å². The average Bonchev–Trinajstić information content (AvgIpc) is 3.21. The predicted octanol–water partition coefficient (Wildman–Crippen LogP) is 2.50. The summed E-state index contributed by atoms with van der Waals surface area (Å²) in [4.78, 5) is 25.5. The van der Waals surface area contributed by atoms with Gasteiger partial charge in [0.1, 0.15) is 0 Å². The first-order valence-electron chi connectivity index (χ1n) is 7.60. The summed E-state index contributed by atoms with van der Waals surface area (Å²) in [6.45, 7) is 3.33. The largest absolute Gasteiger partial charge is 0.481 e. The number of hydrogen-bond acceptors (Lipinski definition) is 2. The van der Waals surface area contributed by atoms with Crippen LogP contribution in [0.3, 0.4) is 0 Å². The molecule has 3 rings (SSSR count). The highest BCUT2D eigenvalue weighted by atomic mass is 16.4. The summed E-state index contributed by atoms with van der Waals surface area (Å²) in [6, 6.07) is 9.81. The summed E-state index contributed by atoms with van der Waals surface area (Å²) in [7, 11) is 0. The van der Waals surface area contributed by atoms with Crippen LogP contribution in [0.5, 0.6) is 0 Å². The van der Waals surface area contributed by atoms with Crippen LogP contribution < -0.4 is 0 Å². The SMILES string of the molecule is CC(C(=O)N1CCC2(CC1)CC2C(=O)O)c1ccccc1. The van der Waals surface area contributed by atoms with E-state index in [1.807, 2.05) is 42.2 Å². The molecule has 2 fully saturated rings. The van der Waals surface area contributed by atoms with Crippen molar-refractivity contribution < 1.29 is 14.7 Å². The van der Waals surface area contributed by atoms with Crippen LogP contribution in [-0.2, 0) is 9.59 Å². The maximum absolute atomic E-state index is 12.6. The number of amides is 1. The van der Waals surface area contributed by atoms with Gasteiger partial charge in [0.15, 0.2) is 0 Å². The van der Waals surface area contributed by atoms with Gasteiger partial charge in [0.25, 0.3) is 0 Å². The Hall–Kier alpha value is -1.84. The molecule has 1 aromatic carbocycles. The summed E-state index contributed by atoms with van der Waals surface area (Å²) in [5.41, 5.74) is 1.02. The highest BCUT2D eigenvalue weighted by Crippen LogP contribution is 2.59. The van der Waals surface area contributed by atoms with Crippen LogP contribution in [-0.4, -0.2) is 35.0 Å². The van der Waals surface area contributed by atoms with Gasteiger partial charge in [-0.25, -0.2) is 0 Å². The van der Waals surface area contributed by atoms with Gasteiger partial charge in [-0.2, -0.15) is 0 Å². The maximum atomic E-state index is 12.6. The van der Waals surface area contributed by atoms with Crippen molar-refractivity contribution in [1.82, 2.24) is 4.90 Å². The molecular formula is C17H21NO3. The third-order valence-electron chi connectivity index (χ3n) is 5.23. The Kier molecular flexibility index (Phi) is 3.47. The number of nitrogens with zero attached hydrogens (tertiary/aromatic N) is 1. The van der Waals surface area contributed by atoms with Crippen molar-refractivity contribution in [3.05, 3.63) is 35.9 Å². The van der Waals surface area contributed by atoms with E-state index in [-0.39, 0.29) is 23.2 Å². The third kappa shape index (κ3) is 2.55. The van der Waals surface area contributed by atoms with Gasteiger partial charge in [0.2, 0.25) is 5.91 Å². The monoisotopic (exact) mass is 287 g/mol. The van der Waals surface area contributed by atoms with Gasteiger partial charge >= 0.3 is 5.97 Å². The second-order valence-corrected chi connectivity index (χ2v) is 6.41. The molecule has 1 aromatic rings. The average molecular weight is 287 g/mol. The van der Waals surface area contributed by atoms with E-state index in [2.05, 4.69) is 0 Å². The van der Waals surface area contributed by atoms with Crippen molar-refractivity contribution in [3.8, 4) is 0 Å². The van der Waals surface area contributed by atoms with Gasteiger partial charge < -0.3 is 10.0 Å². The number of rotatable bonds is 3. The van der Waals surface area contributed by atoms with Crippen LogP contribution in [0.15, 0.2) is 30.3 Å². The quantitative estimate of drug-likeness (QED) is 0.929. The Bertz CT molecular complexity index is 546. The molecule has 1 amide bonds. The van der Waals surface area contributed by atoms with Crippen molar-refractivity contribution in [1.29, 1.82) is 0 Å².